The number of aryl methyl sites for hydroxylation is 2. The minimum Gasteiger partial charge on any atom is -0.479 e. The first-order chi connectivity index (χ1) is 6.50. The van der Waals surface area contributed by atoms with Crippen molar-refractivity contribution in [3.63, 3.8) is 0 Å². The van der Waals surface area contributed by atoms with E-state index in [0.717, 1.165) is 27.8 Å². The standard InChI is InChI=1S/C10H12O3S/c1-6-3-4-7(2)8(5-6)14-10(13)9(11)12/h3-5,10,13H,1-2H3,(H,11,12). The number of hydrogen-bond donors (Lipinski definition) is 2. The van der Waals surface area contributed by atoms with Gasteiger partial charge in [-0.05, 0) is 31.0 Å². The molecule has 0 heterocycles. The highest BCUT2D eigenvalue weighted by atomic mass is 32.2. The maximum absolute atomic E-state index is 10.4. The Morgan fingerprint density at radius 2 is 2.07 bits per heavy atom. The zero-order chi connectivity index (χ0) is 10.7. The fraction of sp³-hybridized carbons (Fsp3) is 0.300. The first kappa shape index (κ1) is 11.1. The quantitative estimate of drug-likeness (QED) is 0.592. The van der Waals surface area contributed by atoms with Gasteiger partial charge in [0.25, 0.3) is 0 Å². The van der Waals surface area contributed by atoms with Crippen LogP contribution in [0.3, 0.4) is 0 Å². The number of carboxylic acid groups (broad SMARTS) is 1. The molecule has 76 valence electrons. The molecule has 0 bridgehead atoms. The van der Waals surface area contributed by atoms with Crippen molar-refractivity contribution in [2.24, 2.45) is 0 Å². The van der Waals surface area contributed by atoms with Crippen molar-refractivity contribution in [3.8, 4) is 0 Å². The Hall–Kier alpha value is -1.00. The molecule has 0 amide bonds. The fourth-order valence-electron chi connectivity index (χ4n) is 1.00. The zero-order valence-electron chi connectivity index (χ0n) is 8.02. The highest BCUT2D eigenvalue weighted by Crippen LogP contribution is 2.26. The molecule has 4 heteroatoms. The van der Waals surface area contributed by atoms with Crippen LogP contribution in [0.1, 0.15) is 11.1 Å². The Morgan fingerprint density at radius 3 is 2.64 bits per heavy atom. The lowest BCUT2D eigenvalue weighted by Crippen LogP contribution is -2.14. The first-order valence-electron chi connectivity index (χ1n) is 4.15. The number of aliphatic hydroxyl groups is 1. The van der Waals surface area contributed by atoms with E-state index in [9.17, 15) is 4.79 Å². The largest absolute Gasteiger partial charge is 0.479 e. The van der Waals surface area contributed by atoms with Crippen LogP contribution in [-0.2, 0) is 4.79 Å². The third-order valence-corrected chi connectivity index (χ3v) is 2.91. The van der Waals surface area contributed by atoms with Gasteiger partial charge in [-0.25, -0.2) is 4.79 Å². The lowest BCUT2D eigenvalue weighted by molar-refractivity contribution is -0.141. The van der Waals surface area contributed by atoms with Crippen molar-refractivity contribution >= 4 is 17.7 Å². The number of carbonyl (C=O) groups is 1. The monoisotopic (exact) mass is 212 g/mol. The van der Waals surface area contributed by atoms with E-state index < -0.39 is 11.4 Å². The summed E-state index contributed by atoms with van der Waals surface area (Å²) in [5.74, 6) is -1.21. The van der Waals surface area contributed by atoms with Gasteiger partial charge in [-0.1, -0.05) is 23.9 Å². The summed E-state index contributed by atoms with van der Waals surface area (Å²) in [5, 5.41) is 17.7. The van der Waals surface area contributed by atoms with E-state index in [1.165, 1.54) is 0 Å². The third-order valence-electron chi connectivity index (χ3n) is 1.79. The molecule has 0 radical (unpaired) electrons. The molecule has 0 saturated carbocycles. The van der Waals surface area contributed by atoms with E-state index in [0.29, 0.717) is 0 Å². The van der Waals surface area contributed by atoms with E-state index >= 15 is 0 Å². The van der Waals surface area contributed by atoms with Crippen LogP contribution < -0.4 is 0 Å². The van der Waals surface area contributed by atoms with E-state index in [1.54, 1.807) is 0 Å². The SMILES string of the molecule is Cc1ccc(C)c(SC(O)C(=O)O)c1. The predicted molar refractivity (Wildman–Crippen MR) is 55.4 cm³/mol. The van der Waals surface area contributed by atoms with E-state index in [4.69, 9.17) is 10.2 Å². The van der Waals surface area contributed by atoms with Gasteiger partial charge in [0, 0.05) is 4.90 Å². The Labute approximate surface area is 86.8 Å². The number of thioether (sulfide) groups is 1. The average molecular weight is 212 g/mol. The molecule has 0 spiro atoms. The van der Waals surface area contributed by atoms with Gasteiger partial charge in [-0.3, -0.25) is 0 Å². The summed E-state index contributed by atoms with van der Waals surface area (Å²) in [6.07, 6.45) is 0. The molecule has 0 aliphatic heterocycles. The summed E-state index contributed by atoms with van der Waals surface area (Å²) in [4.78, 5) is 11.2. The molecule has 1 aromatic rings. The third kappa shape index (κ3) is 2.75. The summed E-state index contributed by atoms with van der Waals surface area (Å²) < 4.78 is 0. The van der Waals surface area contributed by atoms with Gasteiger partial charge >= 0.3 is 5.97 Å². The van der Waals surface area contributed by atoms with Gasteiger partial charge in [0.1, 0.15) is 0 Å². The van der Waals surface area contributed by atoms with Crippen LogP contribution in [0.25, 0.3) is 0 Å². The van der Waals surface area contributed by atoms with Gasteiger partial charge in [0.2, 0.25) is 5.44 Å². The molecule has 1 aromatic carbocycles. The second kappa shape index (κ2) is 4.48. The van der Waals surface area contributed by atoms with Gasteiger partial charge in [0.15, 0.2) is 0 Å². The maximum atomic E-state index is 10.4. The lowest BCUT2D eigenvalue weighted by atomic mass is 10.2. The van der Waals surface area contributed by atoms with Crippen molar-refractivity contribution in [1.29, 1.82) is 0 Å². The number of aliphatic hydroxyl groups excluding tert-OH is 1. The number of carboxylic acids is 1. The van der Waals surface area contributed by atoms with Crippen LogP contribution in [-0.4, -0.2) is 21.6 Å². The predicted octanol–water partition coefficient (Wildman–Crippen LogP) is 1.80. The second-order valence-corrected chi connectivity index (χ2v) is 4.20. The first-order valence-corrected chi connectivity index (χ1v) is 5.03. The van der Waals surface area contributed by atoms with E-state index in [1.807, 2.05) is 32.0 Å². The second-order valence-electron chi connectivity index (χ2n) is 3.08. The molecule has 2 N–H and O–H groups in total. The van der Waals surface area contributed by atoms with Crippen LogP contribution in [0, 0.1) is 13.8 Å². The molecule has 1 rings (SSSR count). The Morgan fingerprint density at radius 1 is 1.43 bits per heavy atom. The Balaban J connectivity index is 2.85. The summed E-state index contributed by atoms with van der Waals surface area (Å²) in [7, 11) is 0. The molecule has 0 saturated heterocycles. The number of rotatable bonds is 3. The average Bonchev–Trinajstić information content (AvgIpc) is 2.11. The number of hydrogen-bond acceptors (Lipinski definition) is 3. The van der Waals surface area contributed by atoms with E-state index in [2.05, 4.69) is 0 Å². The van der Waals surface area contributed by atoms with Crippen molar-refractivity contribution in [3.05, 3.63) is 29.3 Å². The zero-order valence-corrected chi connectivity index (χ0v) is 8.84. The van der Waals surface area contributed by atoms with Crippen LogP contribution in [0.4, 0.5) is 0 Å². The Bertz CT molecular complexity index is 349. The minimum atomic E-state index is -1.39. The smallest absolute Gasteiger partial charge is 0.343 e. The molecule has 1 unspecified atom stereocenters. The summed E-state index contributed by atoms with van der Waals surface area (Å²) in [6.45, 7) is 3.81. The van der Waals surface area contributed by atoms with Crippen LogP contribution in [0.2, 0.25) is 0 Å². The topological polar surface area (TPSA) is 57.5 Å². The Kier molecular flexibility index (Phi) is 3.55. The summed E-state index contributed by atoms with van der Waals surface area (Å²) >= 11 is 0.948. The molecule has 0 aromatic heterocycles. The van der Waals surface area contributed by atoms with Crippen LogP contribution >= 0.6 is 11.8 Å². The van der Waals surface area contributed by atoms with Gasteiger partial charge in [-0.2, -0.15) is 0 Å². The molecule has 3 nitrogen and oxygen atoms in total. The molecule has 0 fully saturated rings. The van der Waals surface area contributed by atoms with Crippen molar-refractivity contribution < 1.29 is 15.0 Å². The summed E-state index contributed by atoms with van der Waals surface area (Å²) in [6, 6.07) is 5.73. The summed E-state index contributed by atoms with van der Waals surface area (Å²) in [5.41, 5.74) is 0.632. The fourth-order valence-corrected chi connectivity index (χ4v) is 1.85. The van der Waals surface area contributed by atoms with Crippen molar-refractivity contribution in [1.82, 2.24) is 0 Å². The number of aliphatic carboxylic acids is 1. The van der Waals surface area contributed by atoms with Gasteiger partial charge in [-0.15, -0.1) is 0 Å². The molecular weight excluding hydrogens is 200 g/mol. The molecular formula is C10H12O3S. The van der Waals surface area contributed by atoms with Crippen LogP contribution in [0.5, 0.6) is 0 Å². The molecule has 0 aliphatic rings. The highest BCUT2D eigenvalue weighted by Gasteiger charge is 2.15. The van der Waals surface area contributed by atoms with Gasteiger partial charge in [0.05, 0.1) is 0 Å². The van der Waals surface area contributed by atoms with Gasteiger partial charge < -0.3 is 10.2 Å². The lowest BCUT2D eigenvalue weighted by Gasteiger charge is -2.08. The molecule has 1 atom stereocenters. The van der Waals surface area contributed by atoms with Crippen molar-refractivity contribution in [2.75, 3.05) is 0 Å². The normalized spacial score (nSPS) is 12.5. The van der Waals surface area contributed by atoms with Crippen molar-refractivity contribution in [2.45, 2.75) is 24.2 Å². The molecule has 0 aliphatic carbocycles. The maximum Gasteiger partial charge on any atom is 0.343 e. The highest BCUT2D eigenvalue weighted by molar-refractivity contribution is 8.00. The minimum absolute atomic E-state index is 0.805. The van der Waals surface area contributed by atoms with Crippen LogP contribution in [0.15, 0.2) is 23.1 Å². The molecule has 14 heavy (non-hydrogen) atoms. The van der Waals surface area contributed by atoms with E-state index in [-0.39, 0.29) is 0 Å². The number of benzene rings is 1.